The summed E-state index contributed by atoms with van der Waals surface area (Å²) in [5, 5.41) is 3.70. The first-order valence-corrected chi connectivity index (χ1v) is 6.79. The topological polar surface area (TPSA) is 15.3 Å². The third-order valence-corrected chi connectivity index (χ3v) is 3.71. The standard InChI is InChI=1S/C15H24N2/c1-4-13-7-5-6-8-15(13)16-14-9-10-17(11-14)12(2)3/h5-8,12,14,16H,4,9-11H2,1-3H3. The molecule has 94 valence electrons. The minimum Gasteiger partial charge on any atom is -0.381 e. The molecule has 1 unspecified atom stereocenters. The molecule has 1 fully saturated rings. The van der Waals surface area contributed by atoms with Crippen LogP contribution in [0.4, 0.5) is 5.69 Å². The Kier molecular flexibility index (Phi) is 4.06. The predicted octanol–water partition coefficient (Wildman–Crippen LogP) is 3.14. The van der Waals surface area contributed by atoms with Gasteiger partial charge in [0.15, 0.2) is 0 Å². The number of nitrogens with one attached hydrogen (secondary N) is 1. The Labute approximate surface area is 105 Å². The third-order valence-electron chi connectivity index (χ3n) is 3.71. The maximum absolute atomic E-state index is 3.70. The average Bonchev–Trinajstić information content (AvgIpc) is 2.78. The van der Waals surface area contributed by atoms with Gasteiger partial charge in [-0.05, 0) is 38.3 Å². The van der Waals surface area contributed by atoms with Crippen molar-refractivity contribution in [2.45, 2.75) is 45.7 Å². The van der Waals surface area contributed by atoms with E-state index in [1.54, 1.807) is 0 Å². The Balaban J connectivity index is 1.98. The molecule has 17 heavy (non-hydrogen) atoms. The molecule has 1 aliphatic rings. The van der Waals surface area contributed by atoms with Crippen molar-refractivity contribution in [1.29, 1.82) is 0 Å². The zero-order chi connectivity index (χ0) is 12.3. The van der Waals surface area contributed by atoms with Crippen molar-refractivity contribution in [1.82, 2.24) is 4.90 Å². The Hall–Kier alpha value is -1.02. The maximum atomic E-state index is 3.70. The average molecular weight is 232 g/mol. The Morgan fingerprint density at radius 1 is 1.35 bits per heavy atom. The number of para-hydroxylation sites is 1. The number of aryl methyl sites for hydroxylation is 1. The fourth-order valence-corrected chi connectivity index (χ4v) is 2.56. The summed E-state index contributed by atoms with van der Waals surface area (Å²) in [6.45, 7) is 9.18. The molecule has 0 radical (unpaired) electrons. The molecule has 1 N–H and O–H groups in total. The molecule has 1 atom stereocenters. The minimum atomic E-state index is 0.616. The van der Waals surface area contributed by atoms with Crippen LogP contribution in [0.2, 0.25) is 0 Å². The van der Waals surface area contributed by atoms with Crippen LogP contribution in [-0.4, -0.2) is 30.1 Å². The zero-order valence-electron chi connectivity index (χ0n) is 11.2. The van der Waals surface area contributed by atoms with Gasteiger partial charge in [-0.15, -0.1) is 0 Å². The minimum absolute atomic E-state index is 0.616. The number of hydrogen-bond acceptors (Lipinski definition) is 2. The van der Waals surface area contributed by atoms with Gasteiger partial charge in [0, 0.05) is 30.9 Å². The first-order valence-electron chi connectivity index (χ1n) is 6.79. The van der Waals surface area contributed by atoms with Gasteiger partial charge in [0.1, 0.15) is 0 Å². The van der Waals surface area contributed by atoms with Crippen LogP contribution >= 0.6 is 0 Å². The zero-order valence-corrected chi connectivity index (χ0v) is 11.2. The van der Waals surface area contributed by atoms with E-state index >= 15 is 0 Å². The molecule has 0 bridgehead atoms. The highest BCUT2D eigenvalue weighted by atomic mass is 15.2. The van der Waals surface area contributed by atoms with Crippen molar-refractivity contribution in [3.05, 3.63) is 29.8 Å². The number of anilines is 1. The quantitative estimate of drug-likeness (QED) is 0.858. The molecule has 1 aliphatic heterocycles. The van der Waals surface area contributed by atoms with Crippen LogP contribution in [0.3, 0.4) is 0 Å². The lowest BCUT2D eigenvalue weighted by molar-refractivity contribution is 0.274. The molecule has 0 aliphatic carbocycles. The van der Waals surface area contributed by atoms with E-state index in [0.717, 1.165) is 6.42 Å². The van der Waals surface area contributed by atoms with Gasteiger partial charge in [-0.1, -0.05) is 25.1 Å². The monoisotopic (exact) mass is 232 g/mol. The molecule has 2 nitrogen and oxygen atoms in total. The highest BCUT2D eigenvalue weighted by Crippen LogP contribution is 2.21. The molecule has 1 saturated heterocycles. The van der Waals surface area contributed by atoms with Gasteiger partial charge < -0.3 is 5.32 Å². The highest BCUT2D eigenvalue weighted by Gasteiger charge is 2.24. The van der Waals surface area contributed by atoms with Crippen molar-refractivity contribution in [2.75, 3.05) is 18.4 Å². The summed E-state index contributed by atoms with van der Waals surface area (Å²) >= 11 is 0. The van der Waals surface area contributed by atoms with Crippen LogP contribution < -0.4 is 5.32 Å². The van der Waals surface area contributed by atoms with E-state index in [9.17, 15) is 0 Å². The SMILES string of the molecule is CCc1ccccc1NC1CCN(C(C)C)C1. The summed E-state index contributed by atoms with van der Waals surface area (Å²) in [5.41, 5.74) is 2.75. The van der Waals surface area contributed by atoms with E-state index in [2.05, 4.69) is 55.3 Å². The van der Waals surface area contributed by atoms with Crippen LogP contribution in [0.5, 0.6) is 0 Å². The fraction of sp³-hybridized carbons (Fsp3) is 0.600. The van der Waals surface area contributed by atoms with E-state index < -0.39 is 0 Å². The molecule has 1 heterocycles. The first-order chi connectivity index (χ1) is 8.20. The van der Waals surface area contributed by atoms with Crippen LogP contribution in [0.1, 0.15) is 32.8 Å². The van der Waals surface area contributed by atoms with E-state index in [1.165, 1.54) is 30.8 Å². The summed E-state index contributed by atoms with van der Waals surface area (Å²) in [6, 6.07) is 9.96. The van der Waals surface area contributed by atoms with E-state index in [1.807, 2.05) is 0 Å². The van der Waals surface area contributed by atoms with Gasteiger partial charge in [-0.25, -0.2) is 0 Å². The molecular weight excluding hydrogens is 208 g/mol. The number of hydrogen-bond donors (Lipinski definition) is 1. The summed E-state index contributed by atoms with van der Waals surface area (Å²) in [4.78, 5) is 2.55. The van der Waals surface area contributed by atoms with E-state index in [0.29, 0.717) is 12.1 Å². The molecule has 2 heteroatoms. The van der Waals surface area contributed by atoms with Gasteiger partial charge in [0.25, 0.3) is 0 Å². The van der Waals surface area contributed by atoms with Crippen LogP contribution in [0.15, 0.2) is 24.3 Å². The molecule has 0 aromatic heterocycles. The number of benzene rings is 1. The number of likely N-dealkylation sites (tertiary alicyclic amines) is 1. The van der Waals surface area contributed by atoms with Gasteiger partial charge in [0.2, 0.25) is 0 Å². The molecule has 1 aromatic carbocycles. The van der Waals surface area contributed by atoms with Crippen LogP contribution in [0.25, 0.3) is 0 Å². The lowest BCUT2D eigenvalue weighted by atomic mass is 10.1. The van der Waals surface area contributed by atoms with Crippen LogP contribution in [-0.2, 0) is 6.42 Å². The lowest BCUT2D eigenvalue weighted by Crippen LogP contribution is -2.31. The smallest absolute Gasteiger partial charge is 0.0400 e. The van der Waals surface area contributed by atoms with E-state index in [-0.39, 0.29) is 0 Å². The molecular formula is C15H24N2. The van der Waals surface area contributed by atoms with Gasteiger partial charge in [-0.2, -0.15) is 0 Å². The molecule has 0 spiro atoms. The summed E-state index contributed by atoms with van der Waals surface area (Å²) < 4.78 is 0. The van der Waals surface area contributed by atoms with Crippen molar-refractivity contribution >= 4 is 5.69 Å². The largest absolute Gasteiger partial charge is 0.381 e. The second-order valence-corrected chi connectivity index (χ2v) is 5.23. The summed E-state index contributed by atoms with van der Waals surface area (Å²) in [5.74, 6) is 0. The second-order valence-electron chi connectivity index (χ2n) is 5.23. The Bertz CT molecular complexity index is 360. The van der Waals surface area contributed by atoms with Gasteiger partial charge in [-0.3, -0.25) is 4.90 Å². The maximum Gasteiger partial charge on any atom is 0.0400 e. The molecule has 0 amide bonds. The van der Waals surface area contributed by atoms with E-state index in [4.69, 9.17) is 0 Å². The van der Waals surface area contributed by atoms with Crippen molar-refractivity contribution in [3.63, 3.8) is 0 Å². The summed E-state index contributed by atoms with van der Waals surface area (Å²) in [6.07, 6.45) is 2.36. The van der Waals surface area contributed by atoms with Crippen molar-refractivity contribution < 1.29 is 0 Å². The van der Waals surface area contributed by atoms with Crippen molar-refractivity contribution in [3.8, 4) is 0 Å². The molecule has 2 rings (SSSR count). The molecule has 1 aromatic rings. The third kappa shape index (κ3) is 3.01. The summed E-state index contributed by atoms with van der Waals surface area (Å²) in [7, 11) is 0. The van der Waals surface area contributed by atoms with Crippen molar-refractivity contribution in [2.24, 2.45) is 0 Å². The predicted molar refractivity (Wildman–Crippen MR) is 74.6 cm³/mol. The first kappa shape index (κ1) is 12.4. The highest BCUT2D eigenvalue weighted by molar-refractivity contribution is 5.51. The Morgan fingerprint density at radius 3 is 2.76 bits per heavy atom. The van der Waals surface area contributed by atoms with Crippen LogP contribution in [0, 0.1) is 0 Å². The lowest BCUT2D eigenvalue weighted by Gasteiger charge is -2.21. The molecule has 0 saturated carbocycles. The number of rotatable bonds is 4. The second kappa shape index (κ2) is 5.54. The Morgan fingerprint density at radius 2 is 2.12 bits per heavy atom. The fourth-order valence-electron chi connectivity index (χ4n) is 2.56. The number of nitrogens with zero attached hydrogens (tertiary/aromatic N) is 1. The van der Waals surface area contributed by atoms with Gasteiger partial charge in [0.05, 0.1) is 0 Å². The normalized spacial score (nSPS) is 21.1. The van der Waals surface area contributed by atoms with Gasteiger partial charge >= 0.3 is 0 Å².